The van der Waals surface area contributed by atoms with Crippen molar-refractivity contribution in [2.45, 2.75) is 42.8 Å². The first-order valence-corrected chi connectivity index (χ1v) is 11.2. The quantitative estimate of drug-likeness (QED) is 0.233. The Morgan fingerprint density at radius 1 is 1.53 bits per heavy atom. The molecule has 0 amide bonds. The van der Waals surface area contributed by atoms with E-state index in [-0.39, 0.29) is 3.42 Å². The lowest BCUT2D eigenvalue weighted by atomic mass is 10.1. The number of imidazole rings is 1. The standard InChI is InChI=1S/C12H24IN3O2Si/c1-12(13,8-15-17)11-7-16(9-14-11)10-18-5-6-19(2,3)4/h7,9,15,17H,5-6,8,10H2,1-4H3. The molecule has 2 N–H and O–H groups in total. The summed E-state index contributed by atoms with van der Waals surface area (Å²) in [5.74, 6) is 0. The van der Waals surface area contributed by atoms with E-state index in [1.807, 2.05) is 17.7 Å². The lowest BCUT2D eigenvalue weighted by molar-refractivity contribution is 0.0870. The average Bonchev–Trinajstić information content (AvgIpc) is 2.72. The number of hydroxylamine groups is 1. The zero-order chi connectivity index (χ0) is 14.5. The van der Waals surface area contributed by atoms with Gasteiger partial charge in [0.15, 0.2) is 0 Å². The third kappa shape index (κ3) is 6.35. The minimum absolute atomic E-state index is 0.226. The fourth-order valence-corrected chi connectivity index (χ4v) is 2.69. The van der Waals surface area contributed by atoms with E-state index in [2.05, 4.69) is 52.7 Å². The summed E-state index contributed by atoms with van der Waals surface area (Å²) in [6.45, 7) is 10.9. The fraction of sp³-hybridized carbons (Fsp3) is 0.750. The van der Waals surface area contributed by atoms with Gasteiger partial charge in [0, 0.05) is 27.4 Å². The fourth-order valence-electron chi connectivity index (χ4n) is 1.49. The number of rotatable bonds is 8. The van der Waals surface area contributed by atoms with E-state index in [4.69, 9.17) is 9.94 Å². The van der Waals surface area contributed by atoms with Crippen molar-refractivity contribution in [1.82, 2.24) is 15.0 Å². The summed E-state index contributed by atoms with van der Waals surface area (Å²) in [5.41, 5.74) is 3.13. The van der Waals surface area contributed by atoms with Crippen LogP contribution in [0.1, 0.15) is 12.6 Å². The molecule has 0 saturated carbocycles. The molecule has 0 spiro atoms. The van der Waals surface area contributed by atoms with Crippen molar-refractivity contribution in [2.75, 3.05) is 13.2 Å². The highest BCUT2D eigenvalue weighted by Crippen LogP contribution is 2.28. The molecule has 1 atom stereocenters. The molecule has 0 aromatic carbocycles. The highest BCUT2D eigenvalue weighted by atomic mass is 127. The summed E-state index contributed by atoms with van der Waals surface area (Å²) >= 11 is 2.28. The van der Waals surface area contributed by atoms with Crippen LogP contribution in [0.25, 0.3) is 0 Å². The Morgan fingerprint density at radius 3 is 2.79 bits per heavy atom. The highest BCUT2D eigenvalue weighted by molar-refractivity contribution is 14.1. The van der Waals surface area contributed by atoms with E-state index in [0.717, 1.165) is 12.3 Å². The molecule has 1 aromatic heterocycles. The van der Waals surface area contributed by atoms with Gasteiger partial charge in [-0.1, -0.05) is 42.2 Å². The molecular weight excluding hydrogens is 373 g/mol. The number of alkyl halides is 1. The third-order valence-corrected chi connectivity index (χ3v) is 5.45. The summed E-state index contributed by atoms with van der Waals surface area (Å²) in [7, 11) is -1.02. The molecule has 5 nitrogen and oxygen atoms in total. The molecule has 0 fully saturated rings. The van der Waals surface area contributed by atoms with Gasteiger partial charge in [0.2, 0.25) is 0 Å². The number of ether oxygens (including phenoxy) is 1. The molecule has 1 aromatic rings. The van der Waals surface area contributed by atoms with Gasteiger partial charge in [-0.3, -0.25) is 0 Å². The maximum Gasteiger partial charge on any atom is 0.123 e. The summed E-state index contributed by atoms with van der Waals surface area (Å²) in [4.78, 5) is 4.37. The van der Waals surface area contributed by atoms with Crippen molar-refractivity contribution in [1.29, 1.82) is 0 Å². The molecule has 1 heterocycles. The van der Waals surface area contributed by atoms with E-state index in [9.17, 15) is 0 Å². The molecule has 0 radical (unpaired) electrons. The SMILES string of the molecule is CC(I)(CNO)c1cn(COCC[Si](C)(C)C)cn1. The van der Waals surface area contributed by atoms with Crippen molar-refractivity contribution in [3.05, 3.63) is 18.2 Å². The number of nitrogens with zero attached hydrogens (tertiary/aromatic N) is 2. The Kier molecular flexibility index (Phi) is 6.44. The molecule has 1 rings (SSSR count). The first kappa shape index (κ1) is 17.1. The van der Waals surface area contributed by atoms with Crippen LogP contribution in [0.2, 0.25) is 25.7 Å². The van der Waals surface area contributed by atoms with Gasteiger partial charge >= 0.3 is 0 Å². The average molecular weight is 397 g/mol. The molecule has 0 bridgehead atoms. The van der Waals surface area contributed by atoms with Gasteiger partial charge in [0.05, 0.1) is 15.4 Å². The number of aromatic nitrogens is 2. The summed E-state index contributed by atoms with van der Waals surface area (Å²) in [5, 5.41) is 8.81. The normalized spacial score (nSPS) is 15.5. The molecule has 0 aliphatic rings. The van der Waals surface area contributed by atoms with Gasteiger partial charge in [0.25, 0.3) is 0 Å². The number of hydrogen-bond acceptors (Lipinski definition) is 4. The van der Waals surface area contributed by atoms with Crippen LogP contribution in [0, 0.1) is 0 Å². The number of hydrogen-bond donors (Lipinski definition) is 2. The summed E-state index contributed by atoms with van der Waals surface area (Å²) in [6, 6.07) is 1.17. The predicted molar refractivity (Wildman–Crippen MR) is 87.5 cm³/mol. The third-order valence-electron chi connectivity index (χ3n) is 2.82. The van der Waals surface area contributed by atoms with Crippen molar-refractivity contribution in [3.63, 3.8) is 0 Å². The van der Waals surface area contributed by atoms with Crippen molar-refractivity contribution < 1.29 is 9.94 Å². The van der Waals surface area contributed by atoms with Crippen LogP contribution in [0.15, 0.2) is 12.5 Å². The van der Waals surface area contributed by atoms with Crippen LogP contribution in [0.5, 0.6) is 0 Å². The minimum Gasteiger partial charge on any atom is -0.361 e. The second-order valence-corrected chi connectivity index (χ2v) is 14.2. The summed E-state index contributed by atoms with van der Waals surface area (Å²) < 4.78 is 7.38. The molecule has 0 aliphatic heterocycles. The topological polar surface area (TPSA) is 59.3 Å². The molecule has 0 saturated heterocycles. The van der Waals surface area contributed by atoms with Gasteiger partial charge in [-0.05, 0) is 13.0 Å². The van der Waals surface area contributed by atoms with Crippen LogP contribution in [-0.4, -0.2) is 36.0 Å². The van der Waals surface area contributed by atoms with Crippen LogP contribution in [-0.2, 0) is 14.9 Å². The van der Waals surface area contributed by atoms with Gasteiger partial charge in [-0.15, -0.1) is 0 Å². The Labute approximate surface area is 129 Å². The first-order valence-electron chi connectivity index (χ1n) is 6.40. The molecule has 1 unspecified atom stereocenters. The van der Waals surface area contributed by atoms with Gasteiger partial charge < -0.3 is 14.5 Å². The Balaban J connectivity index is 2.43. The zero-order valence-corrected chi connectivity index (χ0v) is 15.3. The smallest absolute Gasteiger partial charge is 0.123 e. The van der Waals surface area contributed by atoms with E-state index in [1.165, 1.54) is 6.04 Å². The Hall–Kier alpha value is 0.0369. The van der Waals surface area contributed by atoms with Crippen LogP contribution >= 0.6 is 22.6 Å². The van der Waals surface area contributed by atoms with E-state index >= 15 is 0 Å². The van der Waals surface area contributed by atoms with Crippen molar-refractivity contribution in [2.24, 2.45) is 0 Å². The molecule has 0 aliphatic carbocycles. The van der Waals surface area contributed by atoms with Gasteiger partial charge in [0.1, 0.15) is 6.73 Å². The Bertz CT molecular complexity index is 391. The second kappa shape index (κ2) is 7.16. The lowest BCUT2D eigenvalue weighted by Gasteiger charge is -2.18. The maximum atomic E-state index is 8.81. The van der Waals surface area contributed by atoms with Crippen LogP contribution in [0.4, 0.5) is 0 Å². The Morgan fingerprint density at radius 2 is 2.21 bits per heavy atom. The van der Waals surface area contributed by atoms with Crippen molar-refractivity contribution >= 4 is 30.7 Å². The predicted octanol–water partition coefficient (Wildman–Crippen LogP) is 2.82. The zero-order valence-electron chi connectivity index (χ0n) is 12.1. The van der Waals surface area contributed by atoms with Gasteiger partial charge in [-0.2, -0.15) is 0 Å². The number of halogens is 1. The summed E-state index contributed by atoms with van der Waals surface area (Å²) in [6.07, 6.45) is 3.75. The highest BCUT2D eigenvalue weighted by Gasteiger charge is 2.25. The maximum absolute atomic E-state index is 8.81. The molecule has 7 heteroatoms. The number of nitrogens with one attached hydrogen (secondary N) is 1. The van der Waals surface area contributed by atoms with Crippen LogP contribution < -0.4 is 5.48 Å². The molecule has 19 heavy (non-hydrogen) atoms. The molecular formula is C12H24IN3O2Si. The minimum atomic E-state index is -1.02. The van der Waals surface area contributed by atoms with Crippen molar-refractivity contribution in [3.8, 4) is 0 Å². The van der Waals surface area contributed by atoms with E-state index in [0.29, 0.717) is 13.3 Å². The van der Waals surface area contributed by atoms with Crippen LogP contribution in [0.3, 0.4) is 0 Å². The first-order chi connectivity index (χ1) is 8.74. The lowest BCUT2D eigenvalue weighted by Crippen LogP contribution is -2.28. The monoisotopic (exact) mass is 397 g/mol. The molecule has 110 valence electrons. The van der Waals surface area contributed by atoms with E-state index in [1.54, 1.807) is 6.33 Å². The van der Waals surface area contributed by atoms with Gasteiger partial charge in [-0.25, -0.2) is 10.5 Å². The van der Waals surface area contributed by atoms with E-state index < -0.39 is 8.07 Å². The largest absolute Gasteiger partial charge is 0.361 e. The second-order valence-electron chi connectivity index (χ2n) is 6.15.